The minimum atomic E-state index is -0.211. The summed E-state index contributed by atoms with van der Waals surface area (Å²) in [6, 6.07) is 9.64. The van der Waals surface area contributed by atoms with Crippen LogP contribution in [-0.4, -0.2) is 23.6 Å². The van der Waals surface area contributed by atoms with Gasteiger partial charge in [-0.05, 0) is 52.3 Å². The van der Waals surface area contributed by atoms with Crippen LogP contribution >= 0.6 is 0 Å². The molecule has 0 heterocycles. The van der Waals surface area contributed by atoms with Gasteiger partial charge >= 0.3 is 0 Å². The van der Waals surface area contributed by atoms with Crippen molar-refractivity contribution >= 4 is 6.21 Å². The van der Waals surface area contributed by atoms with Crippen LogP contribution in [-0.2, 0) is 10.8 Å². The molecule has 0 atom stereocenters. The SMILES string of the molecule is COc1ccc(C=NO)cc1-c1cc(C(C)(C)C)c(O)c(C(C)(C)C)c1. The van der Waals surface area contributed by atoms with Gasteiger partial charge < -0.3 is 15.1 Å². The second-order valence-electron chi connectivity index (χ2n) is 8.62. The number of rotatable bonds is 3. The highest BCUT2D eigenvalue weighted by atomic mass is 16.5. The summed E-state index contributed by atoms with van der Waals surface area (Å²) in [5.74, 6) is 1.08. The molecule has 0 saturated carbocycles. The van der Waals surface area contributed by atoms with E-state index in [4.69, 9.17) is 9.94 Å². The van der Waals surface area contributed by atoms with E-state index in [9.17, 15) is 5.11 Å². The Morgan fingerprint density at radius 2 is 1.46 bits per heavy atom. The minimum absolute atomic E-state index is 0.211. The molecule has 0 aliphatic rings. The number of ether oxygens (including phenoxy) is 1. The number of hydrogen-bond donors (Lipinski definition) is 2. The molecule has 26 heavy (non-hydrogen) atoms. The van der Waals surface area contributed by atoms with Crippen molar-refractivity contribution in [3.05, 3.63) is 47.0 Å². The lowest BCUT2D eigenvalue weighted by Crippen LogP contribution is -2.17. The maximum atomic E-state index is 10.9. The van der Waals surface area contributed by atoms with Crippen LogP contribution in [0.4, 0.5) is 0 Å². The van der Waals surface area contributed by atoms with E-state index in [1.54, 1.807) is 7.11 Å². The molecule has 0 aliphatic heterocycles. The summed E-state index contributed by atoms with van der Waals surface area (Å²) in [6.07, 6.45) is 1.39. The van der Waals surface area contributed by atoms with E-state index >= 15 is 0 Å². The number of oxime groups is 1. The van der Waals surface area contributed by atoms with Crippen LogP contribution in [0.25, 0.3) is 11.1 Å². The molecule has 4 heteroatoms. The maximum absolute atomic E-state index is 10.9. The van der Waals surface area contributed by atoms with Gasteiger partial charge in [0.05, 0.1) is 13.3 Å². The first-order chi connectivity index (χ1) is 12.0. The highest BCUT2D eigenvalue weighted by Gasteiger charge is 2.27. The Labute approximate surface area is 156 Å². The van der Waals surface area contributed by atoms with Gasteiger partial charge in [-0.25, -0.2) is 0 Å². The monoisotopic (exact) mass is 355 g/mol. The zero-order chi connectivity index (χ0) is 19.7. The summed E-state index contributed by atoms with van der Waals surface area (Å²) >= 11 is 0. The molecule has 0 radical (unpaired) electrons. The number of phenols is 1. The van der Waals surface area contributed by atoms with Gasteiger partial charge in [-0.15, -0.1) is 0 Å². The van der Waals surface area contributed by atoms with Gasteiger partial charge in [0.15, 0.2) is 0 Å². The third-order valence-electron chi connectivity index (χ3n) is 4.47. The molecule has 0 aromatic heterocycles. The molecule has 0 aliphatic carbocycles. The van der Waals surface area contributed by atoms with Crippen molar-refractivity contribution in [2.45, 2.75) is 52.4 Å². The fourth-order valence-corrected chi connectivity index (χ4v) is 3.03. The lowest BCUT2D eigenvalue weighted by Gasteiger charge is -2.28. The Morgan fingerprint density at radius 3 is 1.88 bits per heavy atom. The summed E-state index contributed by atoms with van der Waals surface area (Å²) in [4.78, 5) is 0. The van der Waals surface area contributed by atoms with Gasteiger partial charge in [-0.2, -0.15) is 0 Å². The Hall–Kier alpha value is -2.49. The fourth-order valence-electron chi connectivity index (χ4n) is 3.03. The predicted molar refractivity (Wildman–Crippen MR) is 107 cm³/mol. The molecule has 2 aromatic rings. The van der Waals surface area contributed by atoms with E-state index < -0.39 is 0 Å². The van der Waals surface area contributed by atoms with Gasteiger partial charge in [0.25, 0.3) is 0 Å². The van der Waals surface area contributed by atoms with E-state index in [1.165, 1.54) is 6.21 Å². The lowest BCUT2D eigenvalue weighted by atomic mass is 9.77. The van der Waals surface area contributed by atoms with Crippen LogP contribution in [0.3, 0.4) is 0 Å². The van der Waals surface area contributed by atoms with Gasteiger partial charge in [0, 0.05) is 16.7 Å². The summed E-state index contributed by atoms with van der Waals surface area (Å²) in [5.41, 5.74) is 3.98. The topological polar surface area (TPSA) is 62.0 Å². The molecule has 0 unspecified atom stereocenters. The van der Waals surface area contributed by atoms with Crippen molar-refractivity contribution in [3.8, 4) is 22.6 Å². The molecule has 140 valence electrons. The van der Waals surface area contributed by atoms with Crippen LogP contribution in [0.15, 0.2) is 35.5 Å². The molecule has 2 N–H and O–H groups in total. The van der Waals surface area contributed by atoms with Gasteiger partial charge in [-0.1, -0.05) is 46.7 Å². The molecule has 0 fully saturated rings. The molecular formula is C22H29NO3. The van der Waals surface area contributed by atoms with E-state index in [0.29, 0.717) is 5.75 Å². The Morgan fingerprint density at radius 1 is 0.923 bits per heavy atom. The third-order valence-corrected chi connectivity index (χ3v) is 4.47. The van der Waals surface area contributed by atoms with E-state index in [2.05, 4.69) is 46.7 Å². The average Bonchev–Trinajstić information content (AvgIpc) is 2.53. The highest BCUT2D eigenvalue weighted by molar-refractivity contribution is 5.84. The minimum Gasteiger partial charge on any atom is -0.507 e. The Bertz CT molecular complexity index is 789. The number of nitrogens with zero attached hydrogens (tertiary/aromatic N) is 1. The number of phenolic OH excluding ortho intramolecular Hbond substituents is 1. The van der Waals surface area contributed by atoms with Crippen molar-refractivity contribution < 1.29 is 15.1 Å². The molecule has 2 aromatic carbocycles. The largest absolute Gasteiger partial charge is 0.507 e. The average molecular weight is 355 g/mol. The fraction of sp³-hybridized carbons (Fsp3) is 0.409. The van der Waals surface area contributed by atoms with Crippen molar-refractivity contribution in [2.75, 3.05) is 7.11 Å². The van der Waals surface area contributed by atoms with E-state index in [-0.39, 0.29) is 10.8 Å². The Kier molecular flexibility index (Phi) is 5.36. The van der Waals surface area contributed by atoms with Gasteiger partial charge in [-0.3, -0.25) is 0 Å². The van der Waals surface area contributed by atoms with E-state index in [1.807, 2.05) is 30.3 Å². The second kappa shape index (κ2) is 7.02. The molecule has 0 bridgehead atoms. The molecule has 0 saturated heterocycles. The first-order valence-corrected chi connectivity index (χ1v) is 8.73. The number of hydrogen-bond acceptors (Lipinski definition) is 4. The number of benzene rings is 2. The Balaban J connectivity index is 2.84. The first kappa shape index (κ1) is 19.8. The van der Waals surface area contributed by atoms with Crippen LogP contribution in [0, 0.1) is 0 Å². The van der Waals surface area contributed by atoms with Gasteiger partial charge in [0.1, 0.15) is 11.5 Å². The summed E-state index contributed by atoms with van der Waals surface area (Å²) < 4.78 is 5.54. The zero-order valence-corrected chi connectivity index (χ0v) is 16.7. The second-order valence-corrected chi connectivity index (χ2v) is 8.62. The van der Waals surface area contributed by atoms with Crippen molar-refractivity contribution in [3.63, 3.8) is 0 Å². The normalized spacial score (nSPS) is 12.6. The summed E-state index contributed by atoms with van der Waals surface area (Å²) in [5, 5.41) is 22.9. The molecule has 2 rings (SSSR count). The van der Waals surface area contributed by atoms with Crippen molar-refractivity contribution in [1.29, 1.82) is 0 Å². The molecule has 4 nitrogen and oxygen atoms in total. The van der Waals surface area contributed by atoms with Crippen molar-refractivity contribution in [1.82, 2.24) is 0 Å². The first-order valence-electron chi connectivity index (χ1n) is 8.73. The molecule has 0 spiro atoms. The van der Waals surface area contributed by atoms with E-state index in [0.717, 1.165) is 33.6 Å². The standard InChI is InChI=1S/C22H29NO3/c1-21(2,3)17-11-15(12-18(20(17)24)22(4,5)6)16-10-14(13-23-25)8-9-19(16)26-7/h8-13,24-25H,1-7H3. The maximum Gasteiger partial charge on any atom is 0.126 e. The molecule has 0 amide bonds. The van der Waals surface area contributed by atoms with Crippen LogP contribution in [0.5, 0.6) is 11.5 Å². The number of aromatic hydroxyl groups is 1. The van der Waals surface area contributed by atoms with Crippen LogP contribution < -0.4 is 4.74 Å². The number of methoxy groups -OCH3 is 1. The smallest absolute Gasteiger partial charge is 0.126 e. The molecular weight excluding hydrogens is 326 g/mol. The summed E-state index contributed by atoms with van der Waals surface area (Å²) in [6.45, 7) is 12.5. The summed E-state index contributed by atoms with van der Waals surface area (Å²) in [7, 11) is 1.63. The van der Waals surface area contributed by atoms with Gasteiger partial charge in [0.2, 0.25) is 0 Å². The third kappa shape index (κ3) is 4.01. The quantitative estimate of drug-likeness (QED) is 0.436. The van der Waals surface area contributed by atoms with Crippen LogP contribution in [0.2, 0.25) is 0 Å². The lowest BCUT2D eigenvalue weighted by molar-refractivity contribution is 0.322. The zero-order valence-electron chi connectivity index (χ0n) is 16.7. The predicted octanol–water partition coefficient (Wildman–Crippen LogP) is 5.47. The van der Waals surface area contributed by atoms with Crippen molar-refractivity contribution in [2.24, 2.45) is 5.16 Å². The highest BCUT2D eigenvalue weighted by Crippen LogP contribution is 2.43. The van der Waals surface area contributed by atoms with Crippen LogP contribution in [0.1, 0.15) is 58.2 Å².